The molecule has 4 rings (SSSR count). The molecule has 2 aromatic carbocycles. The summed E-state index contributed by atoms with van der Waals surface area (Å²) in [6.45, 7) is 1.80. The third kappa shape index (κ3) is 2.98. The molecule has 2 atom stereocenters. The average molecular weight is 334 g/mol. The molecule has 2 heterocycles. The molecule has 1 amide bonds. The Hall–Kier alpha value is -2.46. The Morgan fingerprint density at radius 3 is 2.32 bits per heavy atom. The van der Waals surface area contributed by atoms with Crippen molar-refractivity contribution in [2.75, 3.05) is 13.1 Å². The first-order chi connectivity index (χ1) is 12.3. The summed E-state index contributed by atoms with van der Waals surface area (Å²) in [6.07, 6.45) is 3.09. The summed E-state index contributed by atoms with van der Waals surface area (Å²) in [4.78, 5) is 28.3. The van der Waals surface area contributed by atoms with E-state index in [-0.39, 0.29) is 23.8 Å². The van der Waals surface area contributed by atoms with Crippen molar-refractivity contribution in [1.82, 2.24) is 10.2 Å². The van der Waals surface area contributed by atoms with E-state index >= 15 is 0 Å². The Balaban J connectivity index is 1.69. The number of carbonyl (C=O) groups excluding carboxylic acids is 2. The maximum atomic E-state index is 13.3. The number of nitrogens with one attached hydrogen (secondary N) is 1. The van der Waals surface area contributed by atoms with Gasteiger partial charge in [0.15, 0.2) is 5.78 Å². The maximum absolute atomic E-state index is 13.3. The molecule has 0 aromatic heterocycles. The van der Waals surface area contributed by atoms with E-state index in [1.807, 2.05) is 35.2 Å². The van der Waals surface area contributed by atoms with Crippen LogP contribution in [0.1, 0.15) is 45.5 Å². The van der Waals surface area contributed by atoms with Gasteiger partial charge < -0.3 is 10.2 Å². The van der Waals surface area contributed by atoms with Crippen LogP contribution in [0.2, 0.25) is 0 Å². The summed E-state index contributed by atoms with van der Waals surface area (Å²) in [5.74, 6) is -0.0964. The van der Waals surface area contributed by atoms with Crippen molar-refractivity contribution in [3.05, 3.63) is 71.3 Å². The van der Waals surface area contributed by atoms with Gasteiger partial charge in [-0.25, -0.2) is 0 Å². The fourth-order valence-corrected chi connectivity index (χ4v) is 4.07. The second-order valence-electron chi connectivity index (χ2n) is 6.83. The van der Waals surface area contributed by atoms with Crippen molar-refractivity contribution in [2.45, 2.75) is 31.3 Å². The first-order valence-electron chi connectivity index (χ1n) is 8.98. The quantitative estimate of drug-likeness (QED) is 0.878. The Morgan fingerprint density at radius 1 is 0.840 bits per heavy atom. The highest BCUT2D eigenvalue weighted by Gasteiger charge is 2.39. The predicted molar refractivity (Wildman–Crippen MR) is 96.8 cm³/mol. The summed E-state index contributed by atoms with van der Waals surface area (Å²) in [7, 11) is 0. The van der Waals surface area contributed by atoms with Crippen molar-refractivity contribution in [2.24, 2.45) is 0 Å². The van der Waals surface area contributed by atoms with Gasteiger partial charge in [0.1, 0.15) is 0 Å². The van der Waals surface area contributed by atoms with Crippen LogP contribution in [0.25, 0.3) is 0 Å². The van der Waals surface area contributed by atoms with Crippen LogP contribution >= 0.6 is 0 Å². The first-order valence-corrected chi connectivity index (χ1v) is 8.98. The van der Waals surface area contributed by atoms with Crippen molar-refractivity contribution >= 4 is 11.7 Å². The summed E-state index contributed by atoms with van der Waals surface area (Å²) in [5, 5.41) is 3.42. The lowest BCUT2D eigenvalue weighted by atomic mass is 9.97. The smallest absolute Gasteiger partial charge is 0.255 e. The molecule has 2 aliphatic heterocycles. The van der Waals surface area contributed by atoms with Crippen LogP contribution in [0.3, 0.4) is 0 Å². The SMILES string of the molecule is O=C(c1ccccc1)c1ccccc1C(=O)N1C2CCNCC1CC2. The second-order valence-corrected chi connectivity index (χ2v) is 6.83. The van der Waals surface area contributed by atoms with Gasteiger partial charge in [0, 0.05) is 29.8 Å². The number of ketones is 1. The fraction of sp³-hybridized carbons (Fsp3) is 0.333. The van der Waals surface area contributed by atoms with Crippen molar-refractivity contribution in [3.63, 3.8) is 0 Å². The highest BCUT2D eigenvalue weighted by Crippen LogP contribution is 2.30. The molecule has 2 fully saturated rings. The zero-order valence-electron chi connectivity index (χ0n) is 14.2. The van der Waals surface area contributed by atoms with Gasteiger partial charge in [-0.2, -0.15) is 0 Å². The maximum Gasteiger partial charge on any atom is 0.255 e. The molecule has 2 unspecified atom stereocenters. The minimum absolute atomic E-state index is 0.00363. The molecule has 2 aliphatic rings. The average Bonchev–Trinajstić information content (AvgIpc) is 2.94. The molecule has 4 nitrogen and oxygen atoms in total. The Bertz CT molecular complexity index is 773. The van der Waals surface area contributed by atoms with Gasteiger partial charge in [-0.3, -0.25) is 9.59 Å². The number of benzene rings is 2. The molecule has 128 valence electrons. The van der Waals surface area contributed by atoms with E-state index in [4.69, 9.17) is 0 Å². The Labute approximate surface area is 147 Å². The molecule has 2 saturated heterocycles. The van der Waals surface area contributed by atoms with Gasteiger partial charge in [-0.05, 0) is 31.9 Å². The van der Waals surface area contributed by atoms with E-state index in [0.717, 1.165) is 32.4 Å². The van der Waals surface area contributed by atoms with Gasteiger partial charge in [0.05, 0.1) is 5.56 Å². The van der Waals surface area contributed by atoms with E-state index in [1.54, 1.807) is 24.3 Å². The van der Waals surface area contributed by atoms with Crippen LogP contribution in [0.4, 0.5) is 0 Å². The lowest BCUT2D eigenvalue weighted by Crippen LogP contribution is -2.43. The molecule has 0 radical (unpaired) electrons. The van der Waals surface area contributed by atoms with Gasteiger partial charge in [0.2, 0.25) is 0 Å². The third-order valence-electron chi connectivity index (χ3n) is 5.33. The normalized spacial score (nSPS) is 22.5. The van der Waals surface area contributed by atoms with Gasteiger partial charge in [-0.15, -0.1) is 0 Å². The topological polar surface area (TPSA) is 49.4 Å². The number of amides is 1. The number of nitrogens with zero attached hydrogens (tertiary/aromatic N) is 1. The molecule has 0 aliphatic carbocycles. The van der Waals surface area contributed by atoms with Crippen molar-refractivity contribution in [1.29, 1.82) is 0 Å². The minimum atomic E-state index is -0.0927. The van der Waals surface area contributed by atoms with Gasteiger partial charge >= 0.3 is 0 Å². The summed E-state index contributed by atoms with van der Waals surface area (Å²) in [5.41, 5.74) is 1.63. The molecule has 0 saturated carbocycles. The second kappa shape index (κ2) is 6.81. The van der Waals surface area contributed by atoms with E-state index in [0.29, 0.717) is 16.7 Å². The largest absolute Gasteiger partial charge is 0.331 e. The van der Waals surface area contributed by atoms with Crippen molar-refractivity contribution in [3.8, 4) is 0 Å². The molecule has 1 N–H and O–H groups in total. The molecule has 0 spiro atoms. The van der Waals surface area contributed by atoms with Crippen LogP contribution in [-0.2, 0) is 0 Å². The van der Waals surface area contributed by atoms with Crippen LogP contribution in [0.5, 0.6) is 0 Å². The number of hydrogen-bond acceptors (Lipinski definition) is 3. The fourth-order valence-electron chi connectivity index (χ4n) is 4.07. The van der Waals surface area contributed by atoms with E-state index in [9.17, 15) is 9.59 Å². The van der Waals surface area contributed by atoms with Crippen LogP contribution < -0.4 is 5.32 Å². The molecular formula is C21H22N2O2. The van der Waals surface area contributed by atoms with E-state index < -0.39 is 0 Å². The summed E-state index contributed by atoms with van der Waals surface area (Å²) < 4.78 is 0. The Kier molecular flexibility index (Phi) is 4.36. The summed E-state index contributed by atoms with van der Waals surface area (Å²) >= 11 is 0. The first kappa shape index (κ1) is 16.0. The van der Waals surface area contributed by atoms with Crippen LogP contribution in [-0.4, -0.2) is 41.8 Å². The van der Waals surface area contributed by atoms with Crippen LogP contribution in [0.15, 0.2) is 54.6 Å². The number of hydrogen-bond donors (Lipinski definition) is 1. The number of rotatable bonds is 3. The molecule has 2 aromatic rings. The molecule has 4 heteroatoms. The zero-order chi connectivity index (χ0) is 17.2. The minimum Gasteiger partial charge on any atom is -0.331 e. The lowest BCUT2D eigenvalue weighted by Gasteiger charge is -2.28. The Morgan fingerprint density at radius 2 is 1.52 bits per heavy atom. The monoisotopic (exact) mass is 334 g/mol. The number of carbonyl (C=O) groups is 2. The van der Waals surface area contributed by atoms with Crippen LogP contribution in [0, 0.1) is 0 Å². The predicted octanol–water partition coefficient (Wildman–Crippen LogP) is 2.88. The number of fused-ring (bicyclic) bond motifs is 2. The van der Waals surface area contributed by atoms with E-state index in [2.05, 4.69) is 5.32 Å². The summed E-state index contributed by atoms with van der Waals surface area (Å²) in [6, 6.07) is 16.9. The van der Waals surface area contributed by atoms with E-state index in [1.165, 1.54) is 0 Å². The molecule has 25 heavy (non-hydrogen) atoms. The molecular weight excluding hydrogens is 312 g/mol. The highest BCUT2D eigenvalue weighted by atomic mass is 16.2. The van der Waals surface area contributed by atoms with Gasteiger partial charge in [0.25, 0.3) is 5.91 Å². The van der Waals surface area contributed by atoms with Gasteiger partial charge in [-0.1, -0.05) is 48.5 Å². The standard InChI is InChI=1S/C21H22N2O2/c24-20(15-6-2-1-3-7-15)18-8-4-5-9-19(18)21(25)23-16-10-11-17(23)14-22-13-12-16/h1-9,16-17,22H,10-14H2. The zero-order valence-corrected chi connectivity index (χ0v) is 14.2. The lowest BCUT2D eigenvalue weighted by molar-refractivity contribution is 0.0676. The van der Waals surface area contributed by atoms with Crippen molar-refractivity contribution < 1.29 is 9.59 Å². The third-order valence-corrected chi connectivity index (χ3v) is 5.33. The highest BCUT2D eigenvalue weighted by molar-refractivity contribution is 6.15. The molecule has 2 bridgehead atoms.